The third-order valence-corrected chi connectivity index (χ3v) is 7.07. The van der Waals surface area contributed by atoms with E-state index < -0.39 is 0 Å². The average molecular weight is 535 g/mol. The standard InChI is InChI=1S/C20H13Br2N3OS2/c21-13-7-5-12(6-8-13)14-9-27-19-18(14)20(24-11-23-19)28-10-17(26)25-16-4-2-1-3-15(16)22/h1-9,11H,10H2,(H,25,26). The summed E-state index contributed by atoms with van der Waals surface area (Å²) in [4.78, 5) is 22.2. The largest absolute Gasteiger partial charge is 0.324 e. The highest BCUT2D eigenvalue weighted by Crippen LogP contribution is 2.38. The van der Waals surface area contributed by atoms with Crippen LogP contribution in [0.2, 0.25) is 0 Å². The Morgan fingerprint density at radius 3 is 2.64 bits per heavy atom. The van der Waals surface area contributed by atoms with Crippen molar-refractivity contribution >= 4 is 76.8 Å². The van der Waals surface area contributed by atoms with Crippen molar-refractivity contribution in [3.05, 3.63) is 69.2 Å². The third-order valence-electron chi connectivity index (χ3n) is 3.98. The van der Waals surface area contributed by atoms with E-state index in [1.54, 1.807) is 17.7 Å². The summed E-state index contributed by atoms with van der Waals surface area (Å²) in [5.74, 6) is 0.187. The zero-order valence-electron chi connectivity index (χ0n) is 14.4. The van der Waals surface area contributed by atoms with Crippen LogP contribution in [-0.4, -0.2) is 21.6 Å². The van der Waals surface area contributed by atoms with Crippen LogP contribution in [-0.2, 0) is 4.79 Å². The van der Waals surface area contributed by atoms with Gasteiger partial charge in [0, 0.05) is 19.9 Å². The first kappa shape index (κ1) is 19.6. The van der Waals surface area contributed by atoms with E-state index in [0.717, 1.165) is 41.0 Å². The summed E-state index contributed by atoms with van der Waals surface area (Å²) in [6.07, 6.45) is 1.55. The predicted octanol–water partition coefficient (Wildman–Crippen LogP) is 6.61. The van der Waals surface area contributed by atoms with Gasteiger partial charge >= 0.3 is 0 Å². The van der Waals surface area contributed by atoms with Gasteiger partial charge in [-0.2, -0.15) is 0 Å². The second-order valence-electron chi connectivity index (χ2n) is 5.83. The number of nitrogens with zero attached hydrogens (tertiary/aromatic N) is 2. The van der Waals surface area contributed by atoms with Gasteiger partial charge in [-0.05, 0) is 45.8 Å². The van der Waals surface area contributed by atoms with Crippen molar-refractivity contribution in [1.82, 2.24) is 9.97 Å². The molecule has 4 rings (SSSR count). The molecule has 4 aromatic rings. The lowest BCUT2D eigenvalue weighted by atomic mass is 10.1. The molecule has 0 fully saturated rings. The molecule has 0 bridgehead atoms. The number of nitrogens with one attached hydrogen (secondary N) is 1. The first-order chi connectivity index (χ1) is 13.6. The monoisotopic (exact) mass is 533 g/mol. The molecule has 28 heavy (non-hydrogen) atoms. The zero-order chi connectivity index (χ0) is 19.5. The van der Waals surface area contributed by atoms with Crippen LogP contribution in [0.5, 0.6) is 0 Å². The van der Waals surface area contributed by atoms with Crippen LogP contribution < -0.4 is 5.32 Å². The maximum atomic E-state index is 12.4. The number of benzene rings is 2. The van der Waals surface area contributed by atoms with Gasteiger partial charge in [-0.25, -0.2) is 9.97 Å². The lowest BCUT2D eigenvalue weighted by Gasteiger charge is -2.08. The van der Waals surface area contributed by atoms with Gasteiger partial charge in [0.05, 0.1) is 16.8 Å². The Bertz CT molecular complexity index is 1150. The zero-order valence-corrected chi connectivity index (χ0v) is 19.2. The molecule has 1 amide bonds. The number of para-hydroxylation sites is 1. The fraction of sp³-hybridized carbons (Fsp3) is 0.0500. The van der Waals surface area contributed by atoms with E-state index in [1.807, 2.05) is 36.4 Å². The van der Waals surface area contributed by atoms with Gasteiger partial charge in [0.25, 0.3) is 0 Å². The van der Waals surface area contributed by atoms with Crippen molar-refractivity contribution in [3.8, 4) is 11.1 Å². The van der Waals surface area contributed by atoms with E-state index in [1.165, 1.54) is 11.8 Å². The van der Waals surface area contributed by atoms with E-state index in [-0.39, 0.29) is 11.7 Å². The Morgan fingerprint density at radius 1 is 1.07 bits per heavy atom. The van der Waals surface area contributed by atoms with E-state index >= 15 is 0 Å². The molecule has 0 atom stereocenters. The smallest absolute Gasteiger partial charge is 0.234 e. The van der Waals surface area contributed by atoms with E-state index in [0.29, 0.717) is 0 Å². The molecule has 0 saturated carbocycles. The van der Waals surface area contributed by atoms with Crippen LogP contribution in [0.25, 0.3) is 21.3 Å². The lowest BCUT2D eigenvalue weighted by Crippen LogP contribution is -2.14. The third kappa shape index (κ3) is 4.30. The first-order valence-corrected chi connectivity index (χ1v) is 11.7. The number of fused-ring (bicyclic) bond motifs is 1. The van der Waals surface area contributed by atoms with Gasteiger partial charge in [-0.15, -0.1) is 11.3 Å². The number of hydrogen-bond donors (Lipinski definition) is 1. The molecule has 0 aliphatic heterocycles. The average Bonchev–Trinajstić information content (AvgIpc) is 3.13. The molecule has 0 unspecified atom stereocenters. The van der Waals surface area contributed by atoms with Crippen molar-refractivity contribution in [2.24, 2.45) is 0 Å². The van der Waals surface area contributed by atoms with Gasteiger partial charge in [-0.3, -0.25) is 4.79 Å². The number of thiophene rings is 1. The van der Waals surface area contributed by atoms with Crippen molar-refractivity contribution in [2.75, 3.05) is 11.1 Å². The van der Waals surface area contributed by atoms with Crippen molar-refractivity contribution in [3.63, 3.8) is 0 Å². The molecule has 0 aliphatic carbocycles. The summed E-state index contributed by atoms with van der Waals surface area (Å²) in [7, 11) is 0. The van der Waals surface area contributed by atoms with Crippen molar-refractivity contribution in [1.29, 1.82) is 0 Å². The fourth-order valence-electron chi connectivity index (χ4n) is 2.68. The maximum absolute atomic E-state index is 12.4. The summed E-state index contributed by atoms with van der Waals surface area (Å²) in [5, 5.41) is 6.82. The number of rotatable bonds is 5. The molecule has 0 saturated heterocycles. The molecule has 2 aromatic carbocycles. The SMILES string of the molecule is O=C(CSc1ncnc2scc(-c3ccc(Br)cc3)c12)Nc1ccccc1Br. The number of thioether (sulfide) groups is 1. The molecular formula is C20H13Br2N3OS2. The molecule has 8 heteroatoms. The van der Waals surface area contributed by atoms with Crippen LogP contribution in [0.15, 0.2) is 74.2 Å². The summed E-state index contributed by atoms with van der Waals surface area (Å²) >= 11 is 9.92. The second-order valence-corrected chi connectivity index (χ2v) is 9.42. The van der Waals surface area contributed by atoms with E-state index in [2.05, 4.69) is 64.7 Å². The number of aromatic nitrogens is 2. The molecular weight excluding hydrogens is 522 g/mol. The molecule has 0 radical (unpaired) electrons. The van der Waals surface area contributed by atoms with Crippen LogP contribution in [0.4, 0.5) is 5.69 Å². The Hall–Kier alpha value is -1.74. The van der Waals surface area contributed by atoms with Crippen LogP contribution in [0, 0.1) is 0 Å². The minimum Gasteiger partial charge on any atom is -0.324 e. The quantitative estimate of drug-likeness (QED) is 0.231. The van der Waals surface area contributed by atoms with Crippen LogP contribution in [0.1, 0.15) is 0 Å². The molecule has 4 nitrogen and oxygen atoms in total. The highest BCUT2D eigenvalue weighted by atomic mass is 79.9. The second kappa shape index (κ2) is 8.73. The maximum Gasteiger partial charge on any atom is 0.234 e. The van der Waals surface area contributed by atoms with Gasteiger partial charge in [-0.1, -0.05) is 52.0 Å². The number of carbonyl (C=O) groups is 1. The Labute approximate surface area is 187 Å². The summed E-state index contributed by atoms with van der Waals surface area (Å²) < 4.78 is 1.89. The Balaban J connectivity index is 1.57. The topological polar surface area (TPSA) is 54.9 Å². The highest BCUT2D eigenvalue weighted by molar-refractivity contribution is 9.10. The molecule has 1 N–H and O–H groups in total. The number of anilines is 1. The molecule has 2 aromatic heterocycles. The van der Waals surface area contributed by atoms with Crippen LogP contribution >= 0.6 is 55.0 Å². The predicted molar refractivity (Wildman–Crippen MR) is 124 cm³/mol. The highest BCUT2D eigenvalue weighted by Gasteiger charge is 2.15. The summed E-state index contributed by atoms with van der Waals surface area (Å²) in [6, 6.07) is 15.7. The summed E-state index contributed by atoms with van der Waals surface area (Å²) in [6.45, 7) is 0. The Morgan fingerprint density at radius 2 is 1.86 bits per heavy atom. The molecule has 0 aliphatic rings. The van der Waals surface area contributed by atoms with Crippen LogP contribution in [0.3, 0.4) is 0 Å². The minimum atomic E-state index is -0.0796. The van der Waals surface area contributed by atoms with Crippen molar-refractivity contribution < 1.29 is 4.79 Å². The van der Waals surface area contributed by atoms with Gasteiger partial charge in [0.2, 0.25) is 5.91 Å². The Kier molecular flexibility index (Phi) is 6.10. The lowest BCUT2D eigenvalue weighted by molar-refractivity contribution is -0.113. The van der Waals surface area contributed by atoms with Gasteiger partial charge in [0.15, 0.2) is 0 Å². The van der Waals surface area contributed by atoms with Gasteiger partial charge < -0.3 is 5.32 Å². The number of carbonyl (C=O) groups excluding carboxylic acids is 1. The number of hydrogen-bond acceptors (Lipinski definition) is 5. The van der Waals surface area contributed by atoms with E-state index in [9.17, 15) is 4.79 Å². The normalized spacial score (nSPS) is 10.9. The summed E-state index contributed by atoms with van der Waals surface area (Å²) in [5.41, 5.74) is 2.94. The molecule has 140 valence electrons. The van der Waals surface area contributed by atoms with Gasteiger partial charge in [0.1, 0.15) is 16.2 Å². The molecule has 2 heterocycles. The minimum absolute atomic E-state index is 0.0796. The number of amides is 1. The number of halogens is 2. The fourth-order valence-corrected chi connectivity index (χ4v) is 5.12. The first-order valence-electron chi connectivity index (χ1n) is 8.27. The molecule has 0 spiro atoms. The van der Waals surface area contributed by atoms with Crippen molar-refractivity contribution in [2.45, 2.75) is 5.03 Å². The van der Waals surface area contributed by atoms with E-state index in [4.69, 9.17) is 0 Å².